The molecule has 2 rings (SSSR count). The van der Waals surface area contributed by atoms with Crippen LogP contribution in [0.3, 0.4) is 0 Å². The van der Waals surface area contributed by atoms with Gasteiger partial charge in [0, 0.05) is 6.54 Å². The Morgan fingerprint density at radius 3 is 2.94 bits per heavy atom. The second-order valence-corrected chi connectivity index (χ2v) is 5.21. The largest absolute Gasteiger partial charge is 0.341 e. The highest BCUT2D eigenvalue weighted by molar-refractivity contribution is 7.89. The van der Waals surface area contributed by atoms with Gasteiger partial charge in [-0.1, -0.05) is 13.3 Å². The number of hydrogen-bond acceptors (Lipinski definition) is 5. The monoisotopic (exact) mass is 255 g/mol. The first-order chi connectivity index (χ1) is 8.15. The third-order valence-corrected chi connectivity index (χ3v) is 3.67. The van der Waals surface area contributed by atoms with Gasteiger partial charge in [0.25, 0.3) is 10.0 Å². The van der Waals surface area contributed by atoms with E-state index in [2.05, 4.69) is 24.7 Å². The number of imidazole rings is 1. The molecule has 0 fully saturated rings. The van der Waals surface area contributed by atoms with Crippen molar-refractivity contribution in [3.05, 3.63) is 12.7 Å². The molecule has 0 amide bonds. The fraction of sp³-hybridized carbons (Fsp3) is 0.444. The number of nitrogens with zero attached hydrogens (tertiary/aromatic N) is 3. The lowest BCUT2D eigenvalue weighted by molar-refractivity contribution is 0.575. The van der Waals surface area contributed by atoms with Gasteiger partial charge in [-0.15, -0.1) is 0 Å². The van der Waals surface area contributed by atoms with Crippen molar-refractivity contribution in [1.29, 1.82) is 0 Å². The summed E-state index contributed by atoms with van der Waals surface area (Å²) in [4.78, 5) is 14.3. The van der Waals surface area contributed by atoms with Crippen LogP contribution in [0.15, 0.2) is 17.7 Å². The van der Waals surface area contributed by atoms with E-state index in [1.807, 2.05) is 6.92 Å². The molecule has 0 bridgehead atoms. The van der Waals surface area contributed by atoms with Gasteiger partial charge in [0.2, 0.25) is 0 Å². The highest BCUT2D eigenvalue weighted by atomic mass is 32.2. The molecule has 0 unspecified atom stereocenters. The van der Waals surface area contributed by atoms with E-state index in [4.69, 9.17) is 0 Å². The molecule has 0 spiro atoms. The molecule has 2 aromatic heterocycles. The van der Waals surface area contributed by atoms with E-state index in [0.717, 1.165) is 12.8 Å². The van der Waals surface area contributed by atoms with Crippen LogP contribution in [-0.4, -0.2) is 34.9 Å². The number of aromatic amines is 1. The highest BCUT2D eigenvalue weighted by Crippen LogP contribution is 2.14. The first kappa shape index (κ1) is 11.9. The molecule has 0 aromatic carbocycles. The van der Waals surface area contributed by atoms with E-state index >= 15 is 0 Å². The van der Waals surface area contributed by atoms with Gasteiger partial charge in [0.1, 0.15) is 11.8 Å². The van der Waals surface area contributed by atoms with Crippen LogP contribution in [0.5, 0.6) is 0 Å². The van der Waals surface area contributed by atoms with Crippen molar-refractivity contribution in [1.82, 2.24) is 24.7 Å². The van der Waals surface area contributed by atoms with Crippen LogP contribution in [0.1, 0.15) is 19.8 Å². The average Bonchev–Trinajstić information content (AvgIpc) is 2.76. The highest BCUT2D eigenvalue weighted by Gasteiger charge is 2.20. The molecule has 0 saturated carbocycles. The SMILES string of the molecule is CCCCNS(=O)(=O)c1ncnc2nc[nH]c12. The van der Waals surface area contributed by atoms with Crippen LogP contribution in [0.4, 0.5) is 0 Å². The number of rotatable bonds is 5. The Morgan fingerprint density at radius 1 is 1.35 bits per heavy atom. The van der Waals surface area contributed by atoms with Gasteiger partial charge >= 0.3 is 0 Å². The number of hydrogen-bond donors (Lipinski definition) is 2. The lowest BCUT2D eigenvalue weighted by Gasteiger charge is -2.05. The van der Waals surface area contributed by atoms with Gasteiger partial charge in [0.15, 0.2) is 10.7 Å². The Kier molecular flexibility index (Phi) is 3.34. The lowest BCUT2D eigenvalue weighted by atomic mass is 10.3. The average molecular weight is 255 g/mol. The molecule has 0 aliphatic carbocycles. The number of fused-ring (bicyclic) bond motifs is 1. The van der Waals surface area contributed by atoms with Gasteiger partial charge < -0.3 is 4.98 Å². The molecule has 2 N–H and O–H groups in total. The molecular formula is C9H13N5O2S. The van der Waals surface area contributed by atoms with E-state index in [9.17, 15) is 8.42 Å². The molecule has 0 radical (unpaired) electrons. The van der Waals surface area contributed by atoms with Crippen LogP contribution in [0, 0.1) is 0 Å². The second-order valence-electron chi connectivity index (χ2n) is 3.53. The van der Waals surface area contributed by atoms with Crippen LogP contribution in [0.2, 0.25) is 0 Å². The summed E-state index contributed by atoms with van der Waals surface area (Å²) in [5.41, 5.74) is 0.673. The summed E-state index contributed by atoms with van der Waals surface area (Å²) in [5.74, 6) is 0. The number of H-pyrrole nitrogens is 1. The molecule has 0 atom stereocenters. The third-order valence-electron chi connectivity index (χ3n) is 2.27. The zero-order chi connectivity index (χ0) is 12.3. The third kappa shape index (κ3) is 2.42. The number of sulfonamides is 1. The second kappa shape index (κ2) is 4.76. The molecule has 0 saturated heterocycles. The summed E-state index contributed by atoms with van der Waals surface area (Å²) in [6, 6.07) is 0. The molecule has 92 valence electrons. The summed E-state index contributed by atoms with van der Waals surface area (Å²) in [6.45, 7) is 2.39. The van der Waals surface area contributed by atoms with Gasteiger partial charge in [-0.25, -0.2) is 28.1 Å². The summed E-state index contributed by atoms with van der Waals surface area (Å²) in [7, 11) is -3.60. The normalized spacial score (nSPS) is 12.1. The fourth-order valence-electron chi connectivity index (χ4n) is 1.40. The predicted octanol–water partition coefficient (Wildman–Crippen LogP) is 0.431. The summed E-state index contributed by atoms with van der Waals surface area (Å²) >= 11 is 0. The number of unbranched alkanes of at least 4 members (excludes halogenated alkanes) is 1. The van der Waals surface area contributed by atoms with E-state index < -0.39 is 10.0 Å². The zero-order valence-corrected chi connectivity index (χ0v) is 10.2. The molecule has 17 heavy (non-hydrogen) atoms. The maximum absolute atomic E-state index is 12.0. The van der Waals surface area contributed by atoms with Crippen LogP contribution in [-0.2, 0) is 10.0 Å². The Hall–Kier alpha value is -1.54. The van der Waals surface area contributed by atoms with Crippen molar-refractivity contribution in [2.45, 2.75) is 24.8 Å². The first-order valence-corrected chi connectivity index (χ1v) is 6.77. The van der Waals surface area contributed by atoms with Gasteiger partial charge in [-0.05, 0) is 6.42 Å². The first-order valence-electron chi connectivity index (χ1n) is 5.29. The lowest BCUT2D eigenvalue weighted by Crippen LogP contribution is -2.26. The maximum Gasteiger partial charge on any atom is 0.260 e. The Morgan fingerprint density at radius 2 is 2.18 bits per heavy atom. The van der Waals surface area contributed by atoms with E-state index in [-0.39, 0.29) is 5.03 Å². The topological polar surface area (TPSA) is 101 Å². The van der Waals surface area contributed by atoms with E-state index in [1.165, 1.54) is 12.7 Å². The van der Waals surface area contributed by atoms with E-state index in [0.29, 0.717) is 17.7 Å². The van der Waals surface area contributed by atoms with Crippen molar-refractivity contribution < 1.29 is 8.42 Å². The molecule has 2 heterocycles. The molecule has 7 nitrogen and oxygen atoms in total. The molecule has 8 heteroatoms. The van der Waals surface area contributed by atoms with E-state index in [1.54, 1.807) is 0 Å². The Labute approximate surface area is 98.8 Å². The zero-order valence-electron chi connectivity index (χ0n) is 9.34. The van der Waals surface area contributed by atoms with Crippen molar-refractivity contribution >= 4 is 21.2 Å². The predicted molar refractivity (Wildman–Crippen MR) is 61.8 cm³/mol. The minimum absolute atomic E-state index is 0.0592. The summed E-state index contributed by atoms with van der Waals surface area (Å²) < 4.78 is 26.4. The molecule has 0 aliphatic heterocycles. The van der Waals surface area contributed by atoms with Gasteiger partial charge in [0.05, 0.1) is 6.33 Å². The maximum atomic E-state index is 12.0. The van der Waals surface area contributed by atoms with Crippen molar-refractivity contribution in [2.24, 2.45) is 0 Å². The fourth-order valence-corrected chi connectivity index (χ4v) is 2.55. The standard InChI is InChI=1S/C9H13N5O2S/c1-2-3-4-14-17(15,16)9-7-8(11-5-10-7)12-6-13-9/h5-6,14H,2-4H2,1H3,(H,10,11,12,13). The smallest absolute Gasteiger partial charge is 0.260 e. The van der Waals surface area contributed by atoms with Crippen LogP contribution >= 0.6 is 0 Å². The molecule has 0 aliphatic rings. The minimum atomic E-state index is -3.60. The van der Waals surface area contributed by atoms with Gasteiger partial charge in [-0.3, -0.25) is 0 Å². The van der Waals surface area contributed by atoms with Crippen molar-refractivity contribution in [2.75, 3.05) is 6.54 Å². The Bertz CT molecular complexity index is 607. The van der Waals surface area contributed by atoms with Crippen molar-refractivity contribution in [3.8, 4) is 0 Å². The van der Waals surface area contributed by atoms with Crippen LogP contribution in [0.25, 0.3) is 11.2 Å². The van der Waals surface area contributed by atoms with Crippen LogP contribution < -0.4 is 4.72 Å². The number of aromatic nitrogens is 4. The Balaban J connectivity index is 2.35. The molecule has 2 aromatic rings. The minimum Gasteiger partial charge on any atom is -0.341 e. The van der Waals surface area contributed by atoms with Crippen molar-refractivity contribution in [3.63, 3.8) is 0 Å². The number of nitrogens with one attached hydrogen (secondary N) is 2. The molecular weight excluding hydrogens is 242 g/mol. The summed E-state index contributed by atoms with van der Waals surface area (Å²) in [6.07, 6.45) is 4.30. The quantitative estimate of drug-likeness (QED) is 0.596. The van der Waals surface area contributed by atoms with Gasteiger partial charge in [-0.2, -0.15) is 0 Å². The summed E-state index contributed by atoms with van der Waals surface area (Å²) in [5, 5.41) is -0.0592.